The quantitative estimate of drug-likeness (QED) is 0.0281. The molecule has 306 valence electrons. The lowest BCUT2D eigenvalue weighted by Crippen LogP contribution is -2.09. The van der Waals surface area contributed by atoms with Crippen molar-refractivity contribution < 1.29 is 19.1 Å². The molecule has 0 aliphatic carbocycles. The van der Waals surface area contributed by atoms with Crippen LogP contribution in [0.15, 0.2) is 84.9 Å². The van der Waals surface area contributed by atoms with Gasteiger partial charge in [-0.1, -0.05) is 202 Å². The van der Waals surface area contributed by atoms with Crippen LogP contribution in [0.3, 0.4) is 0 Å². The van der Waals surface area contributed by atoms with Crippen LogP contribution in [0, 0.1) is 13.8 Å². The average molecular weight is 779 g/mol. The van der Waals surface area contributed by atoms with Crippen molar-refractivity contribution in [1.29, 1.82) is 0 Å². The van der Waals surface area contributed by atoms with E-state index >= 15 is 0 Å². The number of carbonyl (C=O) groups excluding carboxylic acids is 2. The molecule has 6 aromatic rings. The molecule has 0 N–H and O–H groups in total. The number of hydrogen-bond donors (Lipinski definition) is 0. The van der Waals surface area contributed by atoms with Gasteiger partial charge < -0.3 is 9.47 Å². The summed E-state index contributed by atoms with van der Waals surface area (Å²) < 4.78 is 12.8. The fraction of sp³-hybridized carbons (Fsp3) is 0.444. The molecule has 0 bridgehead atoms. The van der Waals surface area contributed by atoms with Crippen molar-refractivity contribution in [2.75, 3.05) is 0 Å². The maximum Gasteiger partial charge on any atom is 0.311 e. The van der Waals surface area contributed by atoms with Gasteiger partial charge in [-0.15, -0.1) is 0 Å². The number of unbranched alkanes of at least 4 members (excludes halogenated alkanes) is 16. The van der Waals surface area contributed by atoms with E-state index in [-0.39, 0.29) is 11.9 Å². The first-order valence-electron chi connectivity index (χ1n) is 22.7. The van der Waals surface area contributed by atoms with Crippen LogP contribution < -0.4 is 9.47 Å². The molecule has 6 rings (SSSR count). The average Bonchev–Trinajstić information content (AvgIpc) is 3.23. The minimum absolute atomic E-state index is 0.175. The third kappa shape index (κ3) is 10.5. The number of rotatable bonds is 23. The van der Waals surface area contributed by atoms with E-state index in [1.807, 2.05) is 12.1 Å². The van der Waals surface area contributed by atoms with Gasteiger partial charge in [0.05, 0.1) is 0 Å². The number of aryl methyl sites for hydroxylation is 2. The molecule has 6 aromatic carbocycles. The maximum atomic E-state index is 13.6. The van der Waals surface area contributed by atoms with Crippen LogP contribution in [0.5, 0.6) is 11.5 Å². The van der Waals surface area contributed by atoms with Gasteiger partial charge in [0.1, 0.15) is 11.5 Å². The molecule has 0 unspecified atom stereocenters. The number of carbonyl (C=O) groups is 2. The van der Waals surface area contributed by atoms with Crippen LogP contribution in [-0.4, -0.2) is 11.9 Å². The Balaban J connectivity index is 1.33. The summed E-state index contributed by atoms with van der Waals surface area (Å²) in [5.74, 6) is 0.927. The van der Waals surface area contributed by atoms with Gasteiger partial charge in [0.15, 0.2) is 0 Å². The summed E-state index contributed by atoms with van der Waals surface area (Å²) in [6.07, 6.45) is 22.4. The predicted octanol–water partition coefficient (Wildman–Crippen LogP) is 16.2. The van der Waals surface area contributed by atoms with Gasteiger partial charge in [0.2, 0.25) is 0 Å². The van der Waals surface area contributed by atoms with E-state index in [0.717, 1.165) is 104 Å². The third-order valence-corrected chi connectivity index (χ3v) is 12.1. The molecule has 0 heterocycles. The van der Waals surface area contributed by atoms with Gasteiger partial charge in [-0.3, -0.25) is 9.59 Å². The van der Waals surface area contributed by atoms with Crippen LogP contribution in [0.1, 0.15) is 153 Å². The maximum absolute atomic E-state index is 13.6. The second-order valence-electron chi connectivity index (χ2n) is 16.6. The summed E-state index contributed by atoms with van der Waals surface area (Å²) in [4.78, 5) is 27.2. The molecule has 0 saturated carbocycles. The van der Waals surface area contributed by atoms with Gasteiger partial charge in [-0.05, 0) is 70.5 Å². The summed E-state index contributed by atoms with van der Waals surface area (Å²) >= 11 is 0. The van der Waals surface area contributed by atoms with E-state index < -0.39 is 0 Å². The zero-order valence-corrected chi connectivity index (χ0v) is 35.9. The number of benzene rings is 6. The Morgan fingerprint density at radius 3 is 1.05 bits per heavy atom. The molecule has 4 nitrogen and oxygen atoms in total. The van der Waals surface area contributed by atoms with Crippen LogP contribution >= 0.6 is 0 Å². The molecule has 0 aromatic heterocycles. The lowest BCUT2D eigenvalue weighted by molar-refractivity contribution is -0.135. The van der Waals surface area contributed by atoms with Crippen molar-refractivity contribution in [3.8, 4) is 22.6 Å². The molecule has 0 aliphatic rings. The van der Waals surface area contributed by atoms with Crippen LogP contribution in [-0.2, 0) is 9.59 Å². The van der Waals surface area contributed by atoms with E-state index in [0.29, 0.717) is 24.3 Å². The molecule has 0 atom stereocenters. The Kier molecular flexibility index (Phi) is 16.2. The molecule has 0 amide bonds. The highest BCUT2D eigenvalue weighted by Gasteiger charge is 2.25. The zero-order valence-electron chi connectivity index (χ0n) is 35.9. The summed E-state index contributed by atoms with van der Waals surface area (Å²) in [7, 11) is 0. The van der Waals surface area contributed by atoms with Crippen molar-refractivity contribution in [2.24, 2.45) is 0 Å². The molecule has 0 aliphatic heterocycles. The molecule has 0 radical (unpaired) electrons. The number of fused-ring (bicyclic) bond motifs is 4. The summed E-state index contributed by atoms with van der Waals surface area (Å²) in [6, 6.07) is 29.4. The third-order valence-electron chi connectivity index (χ3n) is 12.1. The van der Waals surface area contributed by atoms with E-state index in [4.69, 9.17) is 9.47 Å². The van der Waals surface area contributed by atoms with Crippen LogP contribution in [0.25, 0.3) is 54.2 Å². The summed E-state index contributed by atoms with van der Waals surface area (Å²) in [6.45, 7) is 8.72. The van der Waals surface area contributed by atoms with Gasteiger partial charge in [0.25, 0.3) is 0 Å². The predicted molar refractivity (Wildman–Crippen MR) is 246 cm³/mol. The SMILES string of the molecule is CCCCCCCCCCCC(=O)Oc1c2ccccc2c(-c2c3ccccc3c(OC(=O)CCCCCCCCCCC)c3c(C)cccc23)c2cccc(C)c12. The van der Waals surface area contributed by atoms with E-state index in [1.54, 1.807) is 0 Å². The van der Waals surface area contributed by atoms with Gasteiger partial charge >= 0.3 is 11.9 Å². The fourth-order valence-corrected chi connectivity index (χ4v) is 8.95. The lowest BCUT2D eigenvalue weighted by Gasteiger charge is -2.22. The highest BCUT2D eigenvalue weighted by Crippen LogP contribution is 2.51. The minimum atomic E-state index is -0.175. The first-order valence-corrected chi connectivity index (χ1v) is 22.7. The van der Waals surface area contributed by atoms with E-state index in [9.17, 15) is 9.59 Å². The molecule has 4 heteroatoms. The smallest absolute Gasteiger partial charge is 0.311 e. The Morgan fingerprint density at radius 1 is 0.379 bits per heavy atom. The monoisotopic (exact) mass is 778 g/mol. The number of esters is 2. The van der Waals surface area contributed by atoms with Crippen molar-refractivity contribution in [2.45, 2.75) is 156 Å². The normalized spacial score (nSPS) is 11.6. The highest BCUT2D eigenvalue weighted by molar-refractivity contribution is 6.27. The molecule has 0 saturated heterocycles. The van der Waals surface area contributed by atoms with Crippen molar-refractivity contribution in [3.63, 3.8) is 0 Å². The molecule has 0 spiro atoms. The highest BCUT2D eigenvalue weighted by atomic mass is 16.5. The summed E-state index contributed by atoms with van der Waals surface area (Å²) in [5, 5.41) is 7.86. The standard InChI is InChI=1S/C54H66O4/c1-5-7-9-11-13-15-17-19-21-37-47(55)57-53-43-33-25-23-31-41(43)51(45-35-27-29-39(3)49(45)53)52-42-32-24-26-34-44(42)54(50-40(4)30-28-36-46(50)52)58-48(56)38-22-20-18-16-14-12-10-8-6-2/h23-36H,5-22,37-38H2,1-4H3. The molecule has 0 fully saturated rings. The molecular weight excluding hydrogens is 713 g/mol. The second kappa shape index (κ2) is 21.9. The zero-order chi connectivity index (χ0) is 40.7. The Hall–Kier alpha value is -4.70. The lowest BCUT2D eigenvalue weighted by atomic mass is 9.84. The first kappa shape index (κ1) is 42.9. The van der Waals surface area contributed by atoms with Crippen LogP contribution in [0.2, 0.25) is 0 Å². The Bertz CT molecular complexity index is 2140. The largest absolute Gasteiger partial charge is 0.425 e. The minimum Gasteiger partial charge on any atom is -0.425 e. The van der Waals surface area contributed by atoms with Gasteiger partial charge in [-0.2, -0.15) is 0 Å². The molecular formula is C54H66O4. The van der Waals surface area contributed by atoms with Crippen LogP contribution in [0.4, 0.5) is 0 Å². The first-order chi connectivity index (χ1) is 28.4. The Labute approximate surface area is 347 Å². The van der Waals surface area contributed by atoms with E-state index in [2.05, 4.69) is 100 Å². The Morgan fingerprint density at radius 2 is 0.690 bits per heavy atom. The number of ether oxygens (including phenoxy) is 2. The molecule has 58 heavy (non-hydrogen) atoms. The van der Waals surface area contributed by atoms with Crippen molar-refractivity contribution in [1.82, 2.24) is 0 Å². The van der Waals surface area contributed by atoms with Gasteiger partial charge in [0, 0.05) is 34.4 Å². The topological polar surface area (TPSA) is 52.6 Å². The van der Waals surface area contributed by atoms with Crippen molar-refractivity contribution >= 4 is 55.0 Å². The second-order valence-corrected chi connectivity index (χ2v) is 16.6. The van der Waals surface area contributed by atoms with E-state index in [1.165, 1.54) is 77.0 Å². The number of hydrogen-bond acceptors (Lipinski definition) is 4. The summed E-state index contributed by atoms with van der Waals surface area (Å²) in [5.41, 5.74) is 4.30. The fourth-order valence-electron chi connectivity index (χ4n) is 8.95. The van der Waals surface area contributed by atoms with Crippen molar-refractivity contribution in [3.05, 3.63) is 96.1 Å². The van der Waals surface area contributed by atoms with Gasteiger partial charge in [-0.25, -0.2) is 0 Å².